The Morgan fingerprint density at radius 3 is 2.56 bits per heavy atom. The molecule has 0 N–H and O–H groups in total. The van der Waals surface area contributed by atoms with Crippen LogP contribution < -0.4 is 4.90 Å². The fourth-order valence-electron chi connectivity index (χ4n) is 2.47. The lowest BCUT2D eigenvalue weighted by Gasteiger charge is -2.32. The molecule has 0 atom stereocenters. The molecule has 0 heterocycles. The van der Waals surface area contributed by atoms with E-state index in [0.29, 0.717) is 24.7 Å². The first-order chi connectivity index (χ1) is 8.58. The first-order valence-electron chi connectivity index (χ1n) is 6.43. The van der Waals surface area contributed by atoms with Gasteiger partial charge < -0.3 is 4.90 Å². The zero-order valence-electron chi connectivity index (χ0n) is 11.0. The minimum absolute atomic E-state index is 0.0871. The largest absolute Gasteiger partial charge is 0.372 e. The number of ketones is 2. The van der Waals surface area contributed by atoms with Crippen molar-refractivity contribution in [2.24, 2.45) is 0 Å². The molecule has 0 bridgehead atoms. The predicted octanol–water partition coefficient (Wildman–Crippen LogP) is 2.84. The fourth-order valence-corrected chi connectivity index (χ4v) is 2.47. The number of hydrogen-bond acceptors (Lipinski definition) is 3. The molecule has 1 aliphatic carbocycles. The highest BCUT2D eigenvalue weighted by molar-refractivity contribution is 5.95. The lowest BCUT2D eigenvalue weighted by Crippen LogP contribution is -2.35. The van der Waals surface area contributed by atoms with Crippen LogP contribution in [0.2, 0.25) is 0 Å². The Hall–Kier alpha value is -1.64. The van der Waals surface area contributed by atoms with Gasteiger partial charge in [-0.15, -0.1) is 0 Å². The van der Waals surface area contributed by atoms with E-state index < -0.39 is 0 Å². The highest BCUT2D eigenvalue weighted by Crippen LogP contribution is 2.25. The summed E-state index contributed by atoms with van der Waals surface area (Å²) in [7, 11) is 2.04. The molecule has 0 aromatic heterocycles. The van der Waals surface area contributed by atoms with Crippen molar-refractivity contribution in [1.82, 2.24) is 0 Å². The van der Waals surface area contributed by atoms with E-state index in [1.54, 1.807) is 6.92 Å². The van der Waals surface area contributed by atoms with Crippen molar-refractivity contribution in [3.63, 3.8) is 0 Å². The van der Waals surface area contributed by atoms with E-state index in [4.69, 9.17) is 0 Å². The smallest absolute Gasteiger partial charge is 0.159 e. The van der Waals surface area contributed by atoms with Gasteiger partial charge in [0, 0.05) is 37.2 Å². The summed E-state index contributed by atoms with van der Waals surface area (Å²) in [5.74, 6) is 0.459. The lowest BCUT2D eigenvalue weighted by molar-refractivity contribution is -0.120. The van der Waals surface area contributed by atoms with Gasteiger partial charge >= 0.3 is 0 Å². The molecule has 1 saturated carbocycles. The van der Waals surface area contributed by atoms with Crippen molar-refractivity contribution in [2.75, 3.05) is 11.9 Å². The van der Waals surface area contributed by atoms with Gasteiger partial charge in [0.15, 0.2) is 5.78 Å². The number of hydrogen-bond donors (Lipinski definition) is 0. The molecular formula is C15H19NO2. The van der Waals surface area contributed by atoms with Gasteiger partial charge in [-0.3, -0.25) is 9.59 Å². The Balaban J connectivity index is 2.13. The summed E-state index contributed by atoms with van der Waals surface area (Å²) in [5, 5.41) is 0. The van der Waals surface area contributed by atoms with Crippen molar-refractivity contribution in [1.29, 1.82) is 0 Å². The zero-order chi connectivity index (χ0) is 13.1. The van der Waals surface area contributed by atoms with Crippen LogP contribution in [0.15, 0.2) is 24.3 Å². The van der Waals surface area contributed by atoms with Crippen molar-refractivity contribution in [2.45, 2.75) is 38.6 Å². The van der Waals surface area contributed by atoms with Crippen LogP contribution in [0.5, 0.6) is 0 Å². The van der Waals surface area contributed by atoms with E-state index in [1.165, 1.54) is 0 Å². The minimum Gasteiger partial charge on any atom is -0.372 e. The van der Waals surface area contributed by atoms with Gasteiger partial charge in [0.2, 0.25) is 0 Å². The molecule has 3 heteroatoms. The summed E-state index contributed by atoms with van der Waals surface area (Å²) < 4.78 is 0. The van der Waals surface area contributed by atoms with Crippen LogP contribution in [0.1, 0.15) is 43.0 Å². The van der Waals surface area contributed by atoms with Crippen LogP contribution in [0.3, 0.4) is 0 Å². The zero-order valence-corrected chi connectivity index (χ0v) is 11.0. The Bertz CT molecular complexity index is 457. The van der Waals surface area contributed by atoms with Crippen LogP contribution in [-0.2, 0) is 4.79 Å². The molecule has 0 unspecified atom stereocenters. The number of anilines is 1. The third-order valence-electron chi connectivity index (χ3n) is 3.72. The number of Topliss-reactive ketones (excluding diaryl/α,β-unsaturated/α-hetero) is 2. The molecule has 0 radical (unpaired) electrons. The third kappa shape index (κ3) is 2.78. The van der Waals surface area contributed by atoms with E-state index in [1.807, 2.05) is 31.3 Å². The summed E-state index contributed by atoms with van der Waals surface area (Å²) in [6.45, 7) is 1.58. The lowest BCUT2D eigenvalue weighted by atomic mass is 9.93. The van der Waals surface area contributed by atoms with Gasteiger partial charge in [-0.05, 0) is 31.9 Å². The maximum atomic E-state index is 11.4. The normalized spacial score (nSPS) is 16.7. The van der Waals surface area contributed by atoms with Gasteiger partial charge in [-0.25, -0.2) is 0 Å². The Kier molecular flexibility index (Phi) is 3.80. The van der Waals surface area contributed by atoms with E-state index in [-0.39, 0.29) is 5.78 Å². The number of carbonyl (C=O) groups is 2. The molecule has 3 nitrogen and oxygen atoms in total. The number of rotatable bonds is 3. The van der Waals surface area contributed by atoms with Crippen molar-refractivity contribution >= 4 is 17.3 Å². The maximum Gasteiger partial charge on any atom is 0.159 e. The molecule has 1 aliphatic rings. The Morgan fingerprint density at radius 2 is 1.94 bits per heavy atom. The molecule has 1 fully saturated rings. The quantitative estimate of drug-likeness (QED) is 0.768. The average molecular weight is 245 g/mol. The second-order valence-electron chi connectivity index (χ2n) is 4.99. The highest BCUT2D eigenvalue weighted by Gasteiger charge is 2.22. The number of carbonyl (C=O) groups excluding carboxylic acids is 2. The summed E-state index contributed by atoms with van der Waals surface area (Å²) in [4.78, 5) is 24.8. The number of benzene rings is 1. The van der Waals surface area contributed by atoms with E-state index in [9.17, 15) is 9.59 Å². The fraction of sp³-hybridized carbons (Fsp3) is 0.467. The number of nitrogens with zero attached hydrogens (tertiary/aromatic N) is 1. The summed E-state index contributed by atoms with van der Waals surface area (Å²) in [6, 6.07) is 8.10. The van der Waals surface area contributed by atoms with E-state index in [2.05, 4.69) is 4.90 Å². The molecule has 1 aromatic carbocycles. The van der Waals surface area contributed by atoms with Crippen LogP contribution in [0.25, 0.3) is 0 Å². The van der Waals surface area contributed by atoms with E-state index in [0.717, 1.165) is 24.1 Å². The summed E-state index contributed by atoms with van der Waals surface area (Å²) in [6.07, 6.45) is 3.20. The summed E-state index contributed by atoms with van der Waals surface area (Å²) in [5.41, 5.74) is 1.80. The summed E-state index contributed by atoms with van der Waals surface area (Å²) >= 11 is 0. The SMILES string of the molecule is CC(=O)c1cccc(N(C)C2CCC(=O)CC2)c1. The Labute approximate surface area is 108 Å². The van der Waals surface area contributed by atoms with Gasteiger partial charge in [-0.2, -0.15) is 0 Å². The second kappa shape index (κ2) is 5.34. The van der Waals surface area contributed by atoms with Gasteiger partial charge in [0.25, 0.3) is 0 Å². The molecule has 96 valence electrons. The van der Waals surface area contributed by atoms with Crippen LogP contribution in [-0.4, -0.2) is 24.7 Å². The second-order valence-corrected chi connectivity index (χ2v) is 4.99. The molecule has 0 spiro atoms. The predicted molar refractivity (Wildman–Crippen MR) is 72.1 cm³/mol. The molecular weight excluding hydrogens is 226 g/mol. The van der Waals surface area contributed by atoms with Crippen molar-refractivity contribution in [3.8, 4) is 0 Å². The first kappa shape index (κ1) is 12.8. The van der Waals surface area contributed by atoms with Crippen LogP contribution >= 0.6 is 0 Å². The standard InChI is InChI=1S/C15H19NO2/c1-11(17)12-4-3-5-14(10-12)16(2)13-6-8-15(18)9-7-13/h3-5,10,13H,6-9H2,1-2H3. The van der Waals surface area contributed by atoms with Crippen molar-refractivity contribution in [3.05, 3.63) is 29.8 Å². The van der Waals surface area contributed by atoms with Gasteiger partial charge in [-0.1, -0.05) is 12.1 Å². The average Bonchev–Trinajstić information content (AvgIpc) is 2.39. The Morgan fingerprint density at radius 1 is 1.28 bits per heavy atom. The molecule has 2 rings (SSSR count). The molecule has 18 heavy (non-hydrogen) atoms. The monoisotopic (exact) mass is 245 g/mol. The highest BCUT2D eigenvalue weighted by atomic mass is 16.1. The molecule has 1 aromatic rings. The van der Waals surface area contributed by atoms with E-state index >= 15 is 0 Å². The topological polar surface area (TPSA) is 37.4 Å². The molecule has 0 saturated heterocycles. The minimum atomic E-state index is 0.0871. The third-order valence-corrected chi connectivity index (χ3v) is 3.72. The first-order valence-corrected chi connectivity index (χ1v) is 6.43. The molecule has 0 amide bonds. The van der Waals surface area contributed by atoms with Gasteiger partial charge in [0.1, 0.15) is 5.78 Å². The molecule has 0 aliphatic heterocycles. The maximum absolute atomic E-state index is 11.4. The van der Waals surface area contributed by atoms with Crippen molar-refractivity contribution < 1.29 is 9.59 Å². The van der Waals surface area contributed by atoms with Gasteiger partial charge in [0.05, 0.1) is 0 Å². The van der Waals surface area contributed by atoms with Crippen LogP contribution in [0, 0.1) is 0 Å². The van der Waals surface area contributed by atoms with Crippen LogP contribution in [0.4, 0.5) is 5.69 Å².